The van der Waals surface area contributed by atoms with Gasteiger partial charge < -0.3 is 10.1 Å². The third kappa shape index (κ3) is 5.09. The fourth-order valence-electron chi connectivity index (χ4n) is 2.17. The summed E-state index contributed by atoms with van der Waals surface area (Å²) < 4.78 is 41.9. The Balaban J connectivity index is 1.86. The van der Waals surface area contributed by atoms with E-state index in [1.54, 1.807) is 28.9 Å². The first-order valence-electron chi connectivity index (χ1n) is 7.33. The van der Waals surface area contributed by atoms with E-state index in [1.807, 2.05) is 19.9 Å². The van der Waals surface area contributed by atoms with Crippen molar-refractivity contribution < 1.29 is 22.7 Å². The molecule has 0 saturated heterocycles. The molecule has 2 rings (SSSR count). The maximum atomic E-state index is 11.9. The summed E-state index contributed by atoms with van der Waals surface area (Å²) in [6.07, 6.45) is -4.36. The van der Waals surface area contributed by atoms with Crippen molar-refractivity contribution in [1.82, 2.24) is 15.1 Å². The molecule has 2 aromatic rings. The first kappa shape index (κ1) is 18.0. The predicted octanol–water partition coefficient (Wildman–Crippen LogP) is 2.80. The Kier molecular flexibility index (Phi) is 5.61. The van der Waals surface area contributed by atoms with Crippen LogP contribution in [0.1, 0.15) is 21.7 Å². The fourth-order valence-corrected chi connectivity index (χ4v) is 2.17. The Bertz CT molecular complexity index is 694. The van der Waals surface area contributed by atoms with Crippen LogP contribution in [0.5, 0.6) is 0 Å². The highest BCUT2D eigenvalue weighted by Crippen LogP contribution is 2.14. The van der Waals surface area contributed by atoms with Crippen molar-refractivity contribution in [3.63, 3.8) is 0 Å². The fraction of sp³-hybridized carbons (Fsp3) is 0.375. The molecule has 0 aliphatic heterocycles. The largest absolute Gasteiger partial charge is 0.411 e. The van der Waals surface area contributed by atoms with Crippen LogP contribution in [0.4, 0.5) is 13.2 Å². The molecule has 5 nitrogen and oxygen atoms in total. The van der Waals surface area contributed by atoms with Crippen LogP contribution in [0.15, 0.2) is 30.3 Å². The minimum Gasteiger partial charge on any atom is -0.370 e. The highest BCUT2D eigenvalue weighted by molar-refractivity contribution is 5.94. The zero-order valence-corrected chi connectivity index (χ0v) is 13.4. The van der Waals surface area contributed by atoms with Gasteiger partial charge >= 0.3 is 6.18 Å². The molecule has 0 saturated carbocycles. The number of ether oxygens (including phenoxy) is 1. The molecule has 1 aromatic carbocycles. The van der Waals surface area contributed by atoms with Crippen molar-refractivity contribution in [1.29, 1.82) is 0 Å². The lowest BCUT2D eigenvalue weighted by atomic mass is 10.2. The first-order chi connectivity index (χ1) is 11.3. The zero-order chi connectivity index (χ0) is 17.7. The molecule has 8 heteroatoms. The molecule has 0 unspecified atom stereocenters. The highest BCUT2D eigenvalue weighted by atomic mass is 19.4. The quantitative estimate of drug-likeness (QED) is 0.822. The smallest absolute Gasteiger partial charge is 0.370 e. The van der Waals surface area contributed by atoms with Crippen molar-refractivity contribution in [2.24, 2.45) is 0 Å². The molecule has 1 N–H and O–H groups in total. The summed E-state index contributed by atoms with van der Waals surface area (Å²) in [7, 11) is 0. The van der Waals surface area contributed by atoms with Gasteiger partial charge in [0.1, 0.15) is 6.61 Å². The molecule has 1 heterocycles. The minimum atomic E-state index is -4.36. The summed E-state index contributed by atoms with van der Waals surface area (Å²) >= 11 is 0. The van der Waals surface area contributed by atoms with Gasteiger partial charge in [0.05, 0.1) is 18.0 Å². The standard InChI is InChI=1S/C16H18F3N3O2/c1-11-9-12(2)22(21-11)14-5-3-13(4-6-14)15(23)20-7-8-24-10-16(17,18)19/h3-6,9H,7-8,10H2,1-2H3,(H,20,23). The Labute approximate surface area is 137 Å². The molecule has 0 aliphatic carbocycles. The summed E-state index contributed by atoms with van der Waals surface area (Å²) in [6.45, 7) is 2.32. The van der Waals surface area contributed by atoms with E-state index in [0.717, 1.165) is 17.1 Å². The maximum Gasteiger partial charge on any atom is 0.411 e. The first-order valence-corrected chi connectivity index (χ1v) is 7.33. The van der Waals surface area contributed by atoms with E-state index >= 15 is 0 Å². The van der Waals surface area contributed by atoms with Gasteiger partial charge in [-0.1, -0.05) is 0 Å². The van der Waals surface area contributed by atoms with Gasteiger partial charge in [0.2, 0.25) is 0 Å². The van der Waals surface area contributed by atoms with E-state index < -0.39 is 12.8 Å². The molecule has 0 fully saturated rings. The Hall–Kier alpha value is -2.35. The van der Waals surface area contributed by atoms with Crippen molar-refractivity contribution in [3.8, 4) is 5.69 Å². The minimum absolute atomic E-state index is 0.00806. The Morgan fingerprint density at radius 1 is 1.25 bits per heavy atom. The monoisotopic (exact) mass is 341 g/mol. The summed E-state index contributed by atoms with van der Waals surface area (Å²) in [6, 6.07) is 8.74. The summed E-state index contributed by atoms with van der Waals surface area (Å²) in [4.78, 5) is 11.9. The predicted molar refractivity (Wildman–Crippen MR) is 82.2 cm³/mol. The number of aromatic nitrogens is 2. The molecule has 0 aliphatic rings. The number of benzene rings is 1. The van der Waals surface area contributed by atoms with Crippen molar-refractivity contribution in [2.45, 2.75) is 20.0 Å². The van der Waals surface area contributed by atoms with Crippen LogP contribution in [0.3, 0.4) is 0 Å². The van der Waals surface area contributed by atoms with Gasteiger partial charge in [-0.2, -0.15) is 18.3 Å². The van der Waals surface area contributed by atoms with Crippen molar-refractivity contribution in [3.05, 3.63) is 47.3 Å². The van der Waals surface area contributed by atoms with Crippen LogP contribution < -0.4 is 5.32 Å². The van der Waals surface area contributed by atoms with Gasteiger partial charge in [-0.05, 0) is 44.2 Å². The molecular weight excluding hydrogens is 323 g/mol. The average molecular weight is 341 g/mol. The number of carbonyl (C=O) groups excluding carboxylic acids is 1. The zero-order valence-electron chi connectivity index (χ0n) is 13.4. The van der Waals surface area contributed by atoms with Gasteiger partial charge in [-0.15, -0.1) is 0 Å². The molecule has 0 spiro atoms. The summed E-state index contributed by atoms with van der Waals surface area (Å²) in [5.41, 5.74) is 3.11. The number of nitrogens with zero attached hydrogens (tertiary/aromatic N) is 2. The number of alkyl halides is 3. The van der Waals surface area contributed by atoms with Crippen LogP contribution in [0.2, 0.25) is 0 Å². The number of rotatable bonds is 6. The topological polar surface area (TPSA) is 56.2 Å². The maximum absolute atomic E-state index is 11.9. The highest BCUT2D eigenvalue weighted by Gasteiger charge is 2.27. The second-order valence-electron chi connectivity index (χ2n) is 5.31. The molecule has 0 bridgehead atoms. The molecule has 0 radical (unpaired) electrons. The van der Waals surface area contributed by atoms with Crippen LogP contribution in [-0.4, -0.2) is 41.6 Å². The summed E-state index contributed by atoms with van der Waals surface area (Å²) in [5.74, 6) is -0.370. The van der Waals surface area contributed by atoms with Crippen LogP contribution in [0, 0.1) is 13.8 Å². The van der Waals surface area contributed by atoms with Crippen LogP contribution >= 0.6 is 0 Å². The molecule has 0 atom stereocenters. The number of nitrogens with one attached hydrogen (secondary N) is 1. The van der Waals surface area contributed by atoms with E-state index in [9.17, 15) is 18.0 Å². The van der Waals surface area contributed by atoms with Gasteiger partial charge in [0, 0.05) is 17.8 Å². The molecule has 1 amide bonds. The van der Waals surface area contributed by atoms with Crippen molar-refractivity contribution in [2.75, 3.05) is 19.8 Å². The third-order valence-corrected chi connectivity index (χ3v) is 3.18. The van der Waals surface area contributed by atoms with Crippen LogP contribution in [0.25, 0.3) is 5.69 Å². The third-order valence-electron chi connectivity index (χ3n) is 3.18. The lowest BCUT2D eigenvalue weighted by Gasteiger charge is -2.09. The lowest BCUT2D eigenvalue weighted by molar-refractivity contribution is -0.173. The number of aryl methyl sites for hydroxylation is 2. The van der Waals surface area contributed by atoms with E-state index in [0.29, 0.717) is 5.56 Å². The Morgan fingerprint density at radius 2 is 1.92 bits per heavy atom. The lowest BCUT2D eigenvalue weighted by Crippen LogP contribution is -2.28. The van der Waals surface area contributed by atoms with E-state index in [-0.39, 0.29) is 19.1 Å². The SMILES string of the molecule is Cc1cc(C)n(-c2ccc(C(=O)NCCOCC(F)(F)F)cc2)n1. The normalized spacial score (nSPS) is 11.5. The summed E-state index contributed by atoms with van der Waals surface area (Å²) in [5, 5.41) is 6.86. The van der Waals surface area contributed by atoms with E-state index in [4.69, 9.17) is 0 Å². The van der Waals surface area contributed by atoms with Gasteiger partial charge in [0.15, 0.2) is 0 Å². The second-order valence-corrected chi connectivity index (χ2v) is 5.31. The molecule has 24 heavy (non-hydrogen) atoms. The molecular formula is C16H18F3N3O2. The van der Waals surface area contributed by atoms with Gasteiger partial charge in [-0.3, -0.25) is 4.79 Å². The number of halogens is 3. The van der Waals surface area contributed by atoms with Crippen molar-refractivity contribution >= 4 is 5.91 Å². The second kappa shape index (κ2) is 7.48. The number of hydrogen-bond acceptors (Lipinski definition) is 3. The van der Waals surface area contributed by atoms with Gasteiger partial charge in [-0.25, -0.2) is 4.68 Å². The number of carbonyl (C=O) groups is 1. The molecule has 1 aromatic heterocycles. The van der Waals surface area contributed by atoms with E-state index in [1.165, 1.54) is 0 Å². The number of amides is 1. The van der Waals surface area contributed by atoms with Gasteiger partial charge in [0.25, 0.3) is 5.91 Å². The number of hydrogen-bond donors (Lipinski definition) is 1. The Morgan fingerprint density at radius 3 is 2.46 bits per heavy atom. The van der Waals surface area contributed by atoms with E-state index in [2.05, 4.69) is 15.2 Å². The van der Waals surface area contributed by atoms with Crippen LogP contribution in [-0.2, 0) is 4.74 Å². The average Bonchev–Trinajstić information content (AvgIpc) is 2.84. The molecule has 130 valence electrons.